The molecular formula is C29H44O7. The van der Waals surface area contributed by atoms with Crippen LogP contribution in [0.2, 0.25) is 0 Å². The zero-order valence-electron chi connectivity index (χ0n) is 22.7. The first-order valence-corrected chi connectivity index (χ1v) is 13.3. The maximum absolute atomic E-state index is 12.3. The zero-order chi connectivity index (χ0) is 26.7. The Bertz CT molecular complexity index is 917. The smallest absolute Gasteiger partial charge is 0.482 e. The van der Waals surface area contributed by atoms with Crippen molar-refractivity contribution >= 4 is 12.1 Å². The predicted molar refractivity (Wildman–Crippen MR) is 137 cm³/mol. The summed E-state index contributed by atoms with van der Waals surface area (Å²) >= 11 is 0. The Hall–Kier alpha value is -2.28. The number of carboxylic acid groups (broad SMARTS) is 1. The van der Waals surface area contributed by atoms with E-state index in [2.05, 4.69) is 40.7 Å². The van der Waals surface area contributed by atoms with Gasteiger partial charge in [-0.15, -0.1) is 0 Å². The number of benzene rings is 1. The van der Waals surface area contributed by atoms with E-state index in [9.17, 15) is 14.7 Å². The standard InChI is InChI=1S/C29H44O7/c1-7-34-27(33)36-25(29(5,6)17-28(2,3)4)12-11-20-21-13-18-9-8-10-24(35-16-26(31)32)22(18)14-19(21)15-23(20)30/h8-10,19-21,23,25,30H,7,11-17H2,1-6H3,(H,31,32)/t19-,20+,21-,23+,25+/m0/s1. The van der Waals surface area contributed by atoms with Gasteiger partial charge in [0.25, 0.3) is 0 Å². The number of carbonyl (C=O) groups is 2. The third-order valence-corrected chi connectivity index (χ3v) is 7.82. The van der Waals surface area contributed by atoms with Crippen LogP contribution in [0.25, 0.3) is 0 Å². The Morgan fingerprint density at radius 3 is 2.50 bits per heavy atom. The fourth-order valence-corrected chi connectivity index (χ4v) is 6.78. The van der Waals surface area contributed by atoms with Crippen LogP contribution in [0.4, 0.5) is 4.79 Å². The van der Waals surface area contributed by atoms with Crippen molar-refractivity contribution in [3.8, 4) is 5.75 Å². The quantitative estimate of drug-likeness (QED) is 0.397. The monoisotopic (exact) mass is 504 g/mol. The highest BCUT2D eigenvalue weighted by Crippen LogP contribution is 2.49. The summed E-state index contributed by atoms with van der Waals surface area (Å²) < 4.78 is 16.5. The van der Waals surface area contributed by atoms with Crippen LogP contribution in [0.5, 0.6) is 5.75 Å². The number of ether oxygens (including phenoxy) is 3. The number of aliphatic hydroxyl groups is 1. The van der Waals surface area contributed by atoms with Gasteiger partial charge in [-0.05, 0) is 85.8 Å². The van der Waals surface area contributed by atoms with Gasteiger partial charge in [-0.3, -0.25) is 0 Å². The van der Waals surface area contributed by atoms with Gasteiger partial charge in [0, 0.05) is 5.41 Å². The highest BCUT2D eigenvalue weighted by Gasteiger charge is 2.46. The summed E-state index contributed by atoms with van der Waals surface area (Å²) in [6.45, 7) is 12.5. The van der Waals surface area contributed by atoms with Gasteiger partial charge in [-0.25, -0.2) is 9.59 Å². The van der Waals surface area contributed by atoms with Crippen molar-refractivity contribution in [1.29, 1.82) is 0 Å². The van der Waals surface area contributed by atoms with Crippen LogP contribution in [-0.4, -0.2) is 47.8 Å². The Morgan fingerprint density at radius 2 is 1.86 bits per heavy atom. The molecule has 2 aliphatic carbocycles. The number of aliphatic carboxylic acids is 1. The summed E-state index contributed by atoms with van der Waals surface area (Å²) in [5.74, 6) is 0.408. The van der Waals surface area contributed by atoms with E-state index in [1.54, 1.807) is 6.92 Å². The van der Waals surface area contributed by atoms with Gasteiger partial charge in [0.2, 0.25) is 0 Å². The molecule has 202 valence electrons. The minimum absolute atomic E-state index is 0.0746. The normalized spacial score (nSPS) is 24.4. The molecule has 36 heavy (non-hydrogen) atoms. The molecule has 2 aliphatic rings. The van der Waals surface area contributed by atoms with Crippen LogP contribution >= 0.6 is 0 Å². The van der Waals surface area contributed by atoms with Gasteiger partial charge in [-0.2, -0.15) is 0 Å². The molecule has 0 spiro atoms. The van der Waals surface area contributed by atoms with E-state index in [0.717, 1.165) is 37.7 Å². The molecule has 0 saturated heterocycles. The third kappa shape index (κ3) is 7.15. The van der Waals surface area contributed by atoms with E-state index in [4.69, 9.17) is 19.3 Å². The lowest BCUT2D eigenvalue weighted by Gasteiger charge is -2.39. The van der Waals surface area contributed by atoms with Crippen LogP contribution < -0.4 is 4.74 Å². The Kier molecular flexibility index (Phi) is 8.97. The van der Waals surface area contributed by atoms with Crippen LogP contribution in [0.3, 0.4) is 0 Å². The SMILES string of the molecule is CCOC(=O)O[C@H](CC[C@@H]1[C@H]2Cc3cccc(OCC(=O)O)c3C[C@H]2C[C@H]1O)C(C)(C)CC(C)(C)C. The first-order valence-electron chi connectivity index (χ1n) is 13.3. The molecular weight excluding hydrogens is 460 g/mol. The van der Waals surface area contributed by atoms with E-state index in [-0.39, 0.29) is 36.1 Å². The first kappa shape index (κ1) is 28.3. The summed E-state index contributed by atoms with van der Waals surface area (Å²) in [6.07, 6.45) is 3.30. The summed E-state index contributed by atoms with van der Waals surface area (Å²) in [5.41, 5.74) is 2.07. The number of hydrogen-bond acceptors (Lipinski definition) is 6. The van der Waals surface area contributed by atoms with Crippen LogP contribution in [0.1, 0.15) is 78.4 Å². The molecule has 0 bridgehead atoms. The van der Waals surface area contributed by atoms with Crippen molar-refractivity contribution < 1.29 is 34.0 Å². The number of carboxylic acids is 1. The molecule has 0 aliphatic heterocycles. The fourth-order valence-electron chi connectivity index (χ4n) is 6.78. The van der Waals surface area contributed by atoms with Gasteiger partial charge in [0.1, 0.15) is 11.9 Å². The number of carbonyl (C=O) groups excluding carboxylic acids is 1. The summed E-state index contributed by atoms with van der Waals surface area (Å²) in [7, 11) is 0. The first-order chi connectivity index (χ1) is 16.8. The molecule has 1 aromatic rings. The van der Waals surface area contributed by atoms with Gasteiger partial charge in [0.15, 0.2) is 6.61 Å². The van der Waals surface area contributed by atoms with Crippen molar-refractivity contribution in [1.82, 2.24) is 0 Å². The Labute approximate surface area is 215 Å². The van der Waals surface area contributed by atoms with Crippen LogP contribution in [0, 0.1) is 28.6 Å². The topological polar surface area (TPSA) is 102 Å². The molecule has 0 aromatic heterocycles. The molecule has 0 radical (unpaired) electrons. The summed E-state index contributed by atoms with van der Waals surface area (Å²) in [4.78, 5) is 23.3. The second kappa shape index (κ2) is 11.4. The van der Waals surface area contributed by atoms with Crippen molar-refractivity contribution in [2.75, 3.05) is 13.2 Å². The average Bonchev–Trinajstić information content (AvgIpc) is 3.05. The number of aliphatic hydroxyl groups excluding tert-OH is 1. The lowest BCUT2D eigenvalue weighted by molar-refractivity contribution is -0.139. The third-order valence-electron chi connectivity index (χ3n) is 7.82. The Morgan fingerprint density at radius 1 is 1.14 bits per heavy atom. The minimum Gasteiger partial charge on any atom is -0.482 e. The molecule has 7 heteroatoms. The second-order valence-corrected chi connectivity index (χ2v) is 12.5. The molecule has 5 atom stereocenters. The molecule has 2 N–H and O–H groups in total. The van der Waals surface area contributed by atoms with Gasteiger partial charge < -0.3 is 24.4 Å². The molecule has 0 unspecified atom stereocenters. The summed E-state index contributed by atoms with van der Waals surface area (Å²) in [5, 5.41) is 20.1. The highest BCUT2D eigenvalue weighted by molar-refractivity contribution is 5.68. The van der Waals surface area contributed by atoms with Crippen molar-refractivity contribution in [2.24, 2.45) is 28.6 Å². The molecule has 0 heterocycles. The van der Waals surface area contributed by atoms with Crippen molar-refractivity contribution in [3.05, 3.63) is 29.3 Å². The van der Waals surface area contributed by atoms with Crippen molar-refractivity contribution in [2.45, 2.75) is 92.3 Å². The summed E-state index contributed by atoms with van der Waals surface area (Å²) in [6, 6.07) is 5.83. The number of fused-ring (bicyclic) bond motifs is 2. The largest absolute Gasteiger partial charge is 0.508 e. The molecule has 1 aromatic carbocycles. The molecule has 1 fully saturated rings. The van der Waals surface area contributed by atoms with E-state index in [0.29, 0.717) is 24.0 Å². The number of hydrogen-bond donors (Lipinski definition) is 2. The van der Waals surface area contributed by atoms with Crippen LogP contribution in [-0.2, 0) is 27.1 Å². The lowest BCUT2D eigenvalue weighted by Crippen LogP contribution is -2.38. The van der Waals surface area contributed by atoms with Crippen molar-refractivity contribution in [3.63, 3.8) is 0 Å². The van der Waals surface area contributed by atoms with E-state index in [1.807, 2.05) is 12.1 Å². The van der Waals surface area contributed by atoms with Gasteiger partial charge in [-0.1, -0.05) is 46.8 Å². The number of rotatable bonds is 10. The molecule has 3 rings (SSSR count). The zero-order valence-corrected chi connectivity index (χ0v) is 22.7. The molecule has 1 saturated carbocycles. The van der Waals surface area contributed by atoms with Crippen LogP contribution in [0.15, 0.2) is 18.2 Å². The van der Waals surface area contributed by atoms with Gasteiger partial charge >= 0.3 is 12.1 Å². The fraction of sp³-hybridized carbons (Fsp3) is 0.724. The minimum atomic E-state index is -0.994. The Balaban J connectivity index is 1.74. The lowest BCUT2D eigenvalue weighted by atomic mass is 9.70. The van der Waals surface area contributed by atoms with E-state index < -0.39 is 18.2 Å². The second-order valence-electron chi connectivity index (χ2n) is 12.5. The highest BCUT2D eigenvalue weighted by atomic mass is 16.7. The maximum Gasteiger partial charge on any atom is 0.508 e. The van der Waals surface area contributed by atoms with E-state index >= 15 is 0 Å². The predicted octanol–water partition coefficient (Wildman–Crippen LogP) is 5.65. The van der Waals surface area contributed by atoms with E-state index in [1.165, 1.54) is 5.56 Å². The average molecular weight is 505 g/mol. The molecule has 0 amide bonds. The van der Waals surface area contributed by atoms with Gasteiger partial charge in [0.05, 0.1) is 12.7 Å². The maximum atomic E-state index is 12.3. The molecule has 7 nitrogen and oxygen atoms in total.